The van der Waals surface area contributed by atoms with E-state index in [1.807, 2.05) is 42.5 Å². The van der Waals surface area contributed by atoms with Crippen molar-refractivity contribution in [1.82, 2.24) is 5.43 Å². The van der Waals surface area contributed by atoms with E-state index < -0.39 is 0 Å². The molecule has 0 aliphatic heterocycles. The quantitative estimate of drug-likeness (QED) is 0.266. The molecule has 0 radical (unpaired) electrons. The zero-order chi connectivity index (χ0) is 21.2. The van der Waals surface area contributed by atoms with E-state index in [1.165, 1.54) is 0 Å². The first kappa shape index (κ1) is 21.7. The van der Waals surface area contributed by atoms with E-state index in [4.69, 9.17) is 32.7 Å². The lowest BCUT2D eigenvalue weighted by atomic mass is 10.2. The first-order valence-electron chi connectivity index (χ1n) is 9.31. The van der Waals surface area contributed by atoms with Crippen LogP contribution in [-0.2, 0) is 0 Å². The highest BCUT2D eigenvalue weighted by atomic mass is 35.5. The van der Waals surface area contributed by atoms with Gasteiger partial charge in [0.2, 0.25) is 0 Å². The van der Waals surface area contributed by atoms with Gasteiger partial charge in [-0.2, -0.15) is 5.10 Å². The number of hydrogen-bond donors (Lipinski definition) is 1. The third-order valence-electron chi connectivity index (χ3n) is 4.00. The van der Waals surface area contributed by atoms with Crippen LogP contribution in [0.5, 0.6) is 11.5 Å². The van der Waals surface area contributed by atoms with Gasteiger partial charge in [0, 0.05) is 17.0 Å². The maximum Gasteiger partial charge on any atom is 0.271 e. The van der Waals surface area contributed by atoms with Gasteiger partial charge < -0.3 is 9.47 Å². The summed E-state index contributed by atoms with van der Waals surface area (Å²) in [6.07, 6.45) is 2.29. The number of benzene rings is 3. The van der Waals surface area contributed by atoms with Gasteiger partial charge in [0.25, 0.3) is 5.91 Å². The molecule has 0 atom stereocenters. The van der Waals surface area contributed by atoms with Crippen molar-refractivity contribution in [1.29, 1.82) is 0 Å². The van der Waals surface area contributed by atoms with Gasteiger partial charge in [-0.05, 0) is 60.2 Å². The summed E-state index contributed by atoms with van der Waals surface area (Å²) in [4.78, 5) is 12.0. The number of rotatable bonds is 9. The molecule has 0 bridgehead atoms. The highest BCUT2D eigenvalue weighted by Gasteiger charge is 2.04. The van der Waals surface area contributed by atoms with Crippen LogP contribution >= 0.6 is 23.2 Å². The van der Waals surface area contributed by atoms with Crippen LogP contribution in [-0.4, -0.2) is 25.3 Å². The molecule has 0 saturated carbocycles. The van der Waals surface area contributed by atoms with Crippen LogP contribution in [0.4, 0.5) is 0 Å². The normalized spacial score (nSPS) is 10.7. The first-order chi connectivity index (χ1) is 14.6. The molecule has 0 unspecified atom stereocenters. The van der Waals surface area contributed by atoms with Crippen LogP contribution < -0.4 is 14.9 Å². The Labute approximate surface area is 185 Å². The maximum atomic E-state index is 12.0. The molecule has 30 heavy (non-hydrogen) atoms. The van der Waals surface area contributed by atoms with Crippen molar-refractivity contribution >= 4 is 35.3 Å². The van der Waals surface area contributed by atoms with Crippen LogP contribution in [0, 0.1) is 0 Å². The predicted octanol–water partition coefficient (Wildman–Crippen LogP) is 5.61. The average Bonchev–Trinajstić information content (AvgIpc) is 2.75. The number of halogens is 2. The number of ether oxygens (including phenoxy) is 2. The molecule has 0 saturated heterocycles. The Morgan fingerprint density at radius 2 is 1.70 bits per heavy atom. The number of amides is 1. The van der Waals surface area contributed by atoms with E-state index in [-0.39, 0.29) is 5.91 Å². The van der Waals surface area contributed by atoms with E-state index >= 15 is 0 Å². The fraction of sp³-hybridized carbons (Fsp3) is 0.130. The smallest absolute Gasteiger partial charge is 0.271 e. The molecule has 3 aromatic rings. The van der Waals surface area contributed by atoms with E-state index in [0.717, 1.165) is 17.7 Å². The van der Waals surface area contributed by atoms with Gasteiger partial charge in [0.05, 0.1) is 24.5 Å². The number of nitrogens with one attached hydrogen (secondary N) is 1. The summed E-state index contributed by atoms with van der Waals surface area (Å²) in [7, 11) is 0. The van der Waals surface area contributed by atoms with Crippen LogP contribution in [0.25, 0.3) is 0 Å². The summed E-state index contributed by atoms with van der Waals surface area (Å²) in [5.74, 6) is 1.09. The molecule has 0 fully saturated rings. The maximum absolute atomic E-state index is 12.0. The van der Waals surface area contributed by atoms with Crippen molar-refractivity contribution in [3.8, 4) is 11.5 Å². The van der Waals surface area contributed by atoms with Crippen molar-refractivity contribution in [3.63, 3.8) is 0 Å². The minimum absolute atomic E-state index is 0.326. The highest BCUT2D eigenvalue weighted by Crippen LogP contribution is 2.23. The molecule has 0 aromatic heterocycles. The molecule has 154 valence electrons. The fourth-order valence-electron chi connectivity index (χ4n) is 2.50. The second kappa shape index (κ2) is 11.2. The van der Waals surface area contributed by atoms with Crippen LogP contribution in [0.15, 0.2) is 77.9 Å². The molecular formula is C23H20Cl2N2O3. The summed E-state index contributed by atoms with van der Waals surface area (Å²) < 4.78 is 11.3. The van der Waals surface area contributed by atoms with Crippen molar-refractivity contribution in [3.05, 3.63) is 94.0 Å². The zero-order valence-electron chi connectivity index (χ0n) is 16.1. The summed E-state index contributed by atoms with van der Waals surface area (Å²) in [5, 5.41) is 5.06. The van der Waals surface area contributed by atoms with Gasteiger partial charge >= 0.3 is 0 Å². The van der Waals surface area contributed by atoms with Crippen molar-refractivity contribution in [2.45, 2.75) is 6.42 Å². The second-order valence-corrected chi connectivity index (χ2v) is 7.10. The highest BCUT2D eigenvalue weighted by molar-refractivity contribution is 6.32. The Morgan fingerprint density at radius 3 is 2.47 bits per heavy atom. The van der Waals surface area contributed by atoms with Crippen molar-refractivity contribution in [2.75, 3.05) is 13.2 Å². The number of hydrogen-bond acceptors (Lipinski definition) is 4. The largest absolute Gasteiger partial charge is 0.493 e. The summed E-state index contributed by atoms with van der Waals surface area (Å²) in [6, 6.07) is 21.4. The topological polar surface area (TPSA) is 59.9 Å². The summed E-state index contributed by atoms with van der Waals surface area (Å²) in [5.41, 5.74) is 3.75. The lowest BCUT2D eigenvalue weighted by Gasteiger charge is -2.09. The summed E-state index contributed by atoms with van der Waals surface area (Å²) in [6.45, 7) is 1.04. The molecule has 7 heteroatoms. The summed E-state index contributed by atoms with van der Waals surface area (Å²) >= 11 is 11.9. The molecule has 5 nitrogen and oxygen atoms in total. The predicted molar refractivity (Wildman–Crippen MR) is 120 cm³/mol. The Hall–Kier alpha value is -3.02. The number of para-hydroxylation sites is 1. The van der Waals surface area contributed by atoms with Crippen molar-refractivity contribution < 1.29 is 14.3 Å². The average molecular weight is 443 g/mol. The van der Waals surface area contributed by atoms with Crippen LogP contribution in [0.1, 0.15) is 22.3 Å². The molecule has 0 spiro atoms. The molecule has 0 aliphatic carbocycles. The minimum atomic E-state index is -0.326. The third-order valence-corrected chi connectivity index (χ3v) is 4.55. The Bertz CT molecular complexity index is 1010. The van der Waals surface area contributed by atoms with Gasteiger partial charge in [0.1, 0.15) is 11.5 Å². The van der Waals surface area contributed by atoms with E-state index in [2.05, 4.69) is 10.5 Å². The lowest BCUT2D eigenvalue weighted by molar-refractivity contribution is 0.0955. The molecule has 1 amide bonds. The minimum Gasteiger partial charge on any atom is -0.493 e. The zero-order valence-corrected chi connectivity index (χ0v) is 17.6. The van der Waals surface area contributed by atoms with Gasteiger partial charge in [-0.1, -0.05) is 41.4 Å². The Balaban J connectivity index is 1.38. The monoisotopic (exact) mass is 442 g/mol. The van der Waals surface area contributed by atoms with E-state index in [0.29, 0.717) is 34.6 Å². The molecular weight excluding hydrogens is 423 g/mol. The molecule has 3 aromatic carbocycles. The number of carbonyl (C=O) groups excluding carboxylic acids is 1. The van der Waals surface area contributed by atoms with Crippen LogP contribution in [0.3, 0.4) is 0 Å². The lowest BCUT2D eigenvalue weighted by Crippen LogP contribution is -2.17. The third kappa shape index (κ3) is 6.79. The molecule has 0 aliphatic rings. The van der Waals surface area contributed by atoms with Gasteiger partial charge in [-0.25, -0.2) is 5.43 Å². The van der Waals surface area contributed by atoms with Crippen molar-refractivity contribution in [2.24, 2.45) is 5.10 Å². The molecule has 0 heterocycles. The standard InChI is InChI=1S/C23H20Cl2N2O3/c24-19-6-3-5-18(15-19)23(28)27-26-16-17-9-11-20(12-10-17)29-13-4-14-30-22-8-2-1-7-21(22)25/h1-3,5-12,15-16H,4,13-14H2,(H,27,28)/b26-16-. The van der Waals surface area contributed by atoms with E-state index in [1.54, 1.807) is 36.5 Å². The SMILES string of the molecule is O=C(N/N=C\c1ccc(OCCCOc2ccccc2Cl)cc1)c1cccc(Cl)c1. The van der Waals surface area contributed by atoms with E-state index in [9.17, 15) is 4.79 Å². The number of carbonyl (C=O) groups is 1. The number of hydrazone groups is 1. The Kier molecular flexibility index (Phi) is 8.12. The van der Waals surface area contributed by atoms with Crippen LogP contribution in [0.2, 0.25) is 10.0 Å². The van der Waals surface area contributed by atoms with Gasteiger partial charge in [-0.15, -0.1) is 0 Å². The fourth-order valence-corrected chi connectivity index (χ4v) is 2.88. The molecule has 3 rings (SSSR count). The van der Waals surface area contributed by atoms with Gasteiger partial charge in [-0.3, -0.25) is 4.79 Å². The van der Waals surface area contributed by atoms with Gasteiger partial charge in [0.15, 0.2) is 0 Å². The number of nitrogens with zero attached hydrogens (tertiary/aromatic N) is 1. The Morgan fingerprint density at radius 1 is 0.933 bits per heavy atom. The second-order valence-electron chi connectivity index (χ2n) is 6.26. The molecule has 1 N–H and O–H groups in total. The first-order valence-corrected chi connectivity index (χ1v) is 10.1.